The van der Waals surface area contributed by atoms with Gasteiger partial charge in [-0.1, -0.05) is 41.6 Å². The van der Waals surface area contributed by atoms with Crippen molar-refractivity contribution >= 4 is 17.7 Å². The average molecular weight is 343 g/mol. The molecule has 6 nitrogen and oxygen atoms in total. The molecule has 1 atom stereocenters. The number of nitrogens with zero attached hydrogens (tertiary/aromatic N) is 2. The minimum atomic E-state index is -0.526. The Labute approximate surface area is 143 Å². The van der Waals surface area contributed by atoms with Gasteiger partial charge in [-0.3, -0.25) is 9.59 Å². The molecule has 2 aromatic rings. The Hall–Kier alpha value is -2.59. The van der Waals surface area contributed by atoms with Crippen LogP contribution in [-0.4, -0.2) is 27.8 Å². The van der Waals surface area contributed by atoms with Gasteiger partial charge in [-0.05, 0) is 20.8 Å². The number of carbonyl (C=O) groups is 1. The Kier molecular flexibility index (Phi) is 5.77. The van der Waals surface area contributed by atoms with Crippen molar-refractivity contribution < 1.29 is 9.53 Å². The number of benzene rings is 1. The molecule has 1 unspecified atom stereocenters. The molecule has 0 amide bonds. The predicted molar refractivity (Wildman–Crippen MR) is 91.7 cm³/mol. The van der Waals surface area contributed by atoms with Gasteiger partial charge in [-0.15, -0.1) is 0 Å². The second-order valence-corrected chi connectivity index (χ2v) is 6.41. The Morgan fingerprint density at radius 3 is 2.67 bits per heavy atom. The highest BCUT2D eigenvalue weighted by Crippen LogP contribution is 2.25. The molecule has 0 saturated heterocycles. The predicted octanol–water partition coefficient (Wildman–Crippen LogP) is 2.66. The zero-order valence-electron chi connectivity index (χ0n) is 13.6. The third kappa shape index (κ3) is 4.03. The fourth-order valence-corrected chi connectivity index (χ4v) is 2.80. The van der Waals surface area contributed by atoms with Crippen molar-refractivity contribution in [3.63, 3.8) is 0 Å². The molecule has 0 fully saturated rings. The van der Waals surface area contributed by atoms with E-state index in [1.54, 1.807) is 26.0 Å². The van der Waals surface area contributed by atoms with Gasteiger partial charge in [0.1, 0.15) is 16.9 Å². The summed E-state index contributed by atoms with van der Waals surface area (Å²) in [6.07, 6.45) is 0. The highest BCUT2D eigenvalue weighted by atomic mass is 32.2. The summed E-state index contributed by atoms with van der Waals surface area (Å²) in [5.41, 5.74) is 1.47. The van der Waals surface area contributed by atoms with E-state index in [2.05, 4.69) is 9.97 Å². The molecule has 0 spiro atoms. The third-order valence-corrected chi connectivity index (χ3v) is 4.20. The van der Waals surface area contributed by atoms with Crippen LogP contribution in [0.25, 0.3) is 11.3 Å². The molecule has 2 rings (SSSR count). The Bertz CT molecular complexity index is 838. The molecule has 24 heavy (non-hydrogen) atoms. The second kappa shape index (κ2) is 7.79. The van der Waals surface area contributed by atoms with Crippen LogP contribution in [-0.2, 0) is 9.53 Å². The van der Waals surface area contributed by atoms with Crippen LogP contribution < -0.4 is 5.56 Å². The highest BCUT2D eigenvalue weighted by molar-refractivity contribution is 8.00. The summed E-state index contributed by atoms with van der Waals surface area (Å²) < 4.78 is 4.95. The van der Waals surface area contributed by atoms with Crippen molar-refractivity contribution in [1.29, 1.82) is 5.26 Å². The first kappa shape index (κ1) is 17.8. The standard InChI is InChI=1S/C17H17N3O3S/c1-4-23-16(22)11(3)24-17-19-14(13(9-18)15(21)20-17)12-7-5-10(2)6-8-12/h5-8,11H,4H2,1-3H3,(H,19,20,21). The number of carbonyl (C=O) groups excluding carboxylic acids is 1. The summed E-state index contributed by atoms with van der Waals surface area (Å²) in [6.45, 7) is 5.64. The van der Waals surface area contributed by atoms with Crippen molar-refractivity contribution in [3.8, 4) is 17.3 Å². The van der Waals surface area contributed by atoms with E-state index in [-0.39, 0.29) is 23.3 Å². The first-order valence-corrected chi connectivity index (χ1v) is 8.29. The quantitative estimate of drug-likeness (QED) is 0.509. The molecule has 124 valence electrons. The Morgan fingerprint density at radius 2 is 2.08 bits per heavy atom. The van der Waals surface area contributed by atoms with E-state index in [4.69, 9.17) is 4.74 Å². The molecule has 0 bridgehead atoms. The summed E-state index contributed by atoms with van der Waals surface area (Å²) in [6, 6.07) is 9.27. The zero-order valence-corrected chi connectivity index (χ0v) is 14.4. The smallest absolute Gasteiger partial charge is 0.319 e. The van der Waals surface area contributed by atoms with E-state index in [1.165, 1.54) is 0 Å². The third-order valence-electron chi connectivity index (χ3n) is 3.24. The van der Waals surface area contributed by atoms with E-state index in [9.17, 15) is 14.9 Å². The molecule has 1 heterocycles. The van der Waals surface area contributed by atoms with Gasteiger partial charge in [0.25, 0.3) is 5.56 Å². The number of hydrogen-bond donors (Lipinski definition) is 1. The number of ether oxygens (including phenoxy) is 1. The van der Waals surface area contributed by atoms with Crippen molar-refractivity contribution in [3.05, 3.63) is 45.7 Å². The van der Waals surface area contributed by atoms with Crippen LogP contribution in [0.15, 0.2) is 34.2 Å². The maximum absolute atomic E-state index is 12.2. The monoisotopic (exact) mass is 343 g/mol. The van der Waals surface area contributed by atoms with Crippen LogP contribution in [0.4, 0.5) is 0 Å². The van der Waals surface area contributed by atoms with E-state index in [0.717, 1.165) is 17.3 Å². The van der Waals surface area contributed by atoms with E-state index >= 15 is 0 Å². The molecule has 1 N–H and O–H groups in total. The normalized spacial score (nSPS) is 11.6. The SMILES string of the molecule is CCOC(=O)C(C)Sc1nc(-c2ccc(C)cc2)c(C#N)c(=O)[nH]1. The van der Waals surface area contributed by atoms with Gasteiger partial charge in [-0.25, -0.2) is 4.98 Å². The van der Waals surface area contributed by atoms with Gasteiger partial charge >= 0.3 is 5.97 Å². The maximum atomic E-state index is 12.2. The Balaban J connectivity index is 2.42. The number of aromatic nitrogens is 2. The lowest BCUT2D eigenvalue weighted by atomic mass is 10.1. The fraction of sp³-hybridized carbons (Fsp3) is 0.294. The number of H-pyrrole nitrogens is 1. The number of thioether (sulfide) groups is 1. The summed E-state index contributed by atoms with van der Waals surface area (Å²) in [5, 5.41) is 9.01. The first-order valence-electron chi connectivity index (χ1n) is 7.41. The van der Waals surface area contributed by atoms with Gasteiger partial charge in [0, 0.05) is 5.56 Å². The van der Waals surface area contributed by atoms with E-state index in [1.807, 2.05) is 25.1 Å². The molecule has 0 saturated carbocycles. The number of rotatable bonds is 5. The molecule has 7 heteroatoms. The number of nitrogens with one attached hydrogen (secondary N) is 1. The van der Waals surface area contributed by atoms with Crippen LogP contribution in [0, 0.1) is 18.3 Å². The summed E-state index contributed by atoms with van der Waals surface area (Å²) in [5.74, 6) is -0.383. The van der Waals surface area contributed by atoms with Gasteiger partial charge in [0.2, 0.25) is 0 Å². The van der Waals surface area contributed by atoms with E-state index in [0.29, 0.717) is 11.3 Å². The number of esters is 1. The van der Waals surface area contributed by atoms with Crippen LogP contribution in [0.1, 0.15) is 25.0 Å². The van der Waals surface area contributed by atoms with Gasteiger partial charge < -0.3 is 9.72 Å². The summed E-state index contributed by atoms with van der Waals surface area (Å²) >= 11 is 1.09. The van der Waals surface area contributed by atoms with Crippen molar-refractivity contribution in [2.75, 3.05) is 6.61 Å². The van der Waals surface area contributed by atoms with Gasteiger partial charge in [-0.2, -0.15) is 5.26 Å². The number of aryl methyl sites for hydroxylation is 1. The molecular formula is C17H17N3O3S. The molecule has 0 aliphatic heterocycles. The molecule has 0 aliphatic rings. The molecule has 1 aromatic heterocycles. The zero-order chi connectivity index (χ0) is 17.7. The van der Waals surface area contributed by atoms with Gasteiger partial charge in [0.15, 0.2) is 5.16 Å². The average Bonchev–Trinajstić information content (AvgIpc) is 2.55. The van der Waals surface area contributed by atoms with Gasteiger partial charge in [0.05, 0.1) is 12.3 Å². The van der Waals surface area contributed by atoms with Crippen molar-refractivity contribution in [1.82, 2.24) is 9.97 Å². The molecule has 1 aromatic carbocycles. The number of aromatic amines is 1. The molecule has 0 aliphatic carbocycles. The maximum Gasteiger partial charge on any atom is 0.319 e. The molecular weight excluding hydrogens is 326 g/mol. The minimum Gasteiger partial charge on any atom is -0.465 e. The lowest BCUT2D eigenvalue weighted by molar-refractivity contribution is -0.142. The number of nitriles is 1. The van der Waals surface area contributed by atoms with Crippen LogP contribution in [0.2, 0.25) is 0 Å². The van der Waals surface area contributed by atoms with Crippen LogP contribution >= 0.6 is 11.8 Å². The van der Waals surface area contributed by atoms with Crippen LogP contribution in [0.3, 0.4) is 0 Å². The van der Waals surface area contributed by atoms with Crippen molar-refractivity contribution in [2.24, 2.45) is 0 Å². The van der Waals surface area contributed by atoms with E-state index < -0.39 is 10.8 Å². The van der Waals surface area contributed by atoms with Crippen molar-refractivity contribution in [2.45, 2.75) is 31.2 Å². The molecule has 0 radical (unpaired) electrons. The lowest BCUT2D eigenvalue weighted by Crippen LogP contribution is -2.19. The highest BCUT2D eigenvalue weighted by Gasteiger charge is 2.19. The topological polar surface area (TPSA) is 95.8 Å². The Morgan fingerprint density at radius 1 is 1.42 bits per heavy atom. The minimum absolute atomic E-state index is 0.0491. The fourth-order valence-electron chi connectivity index (χ4n) is 2.01. The first-order chi connectivity index (χ1) is 11.5. The summed E-state index contributed by atoms with van der Waals surface area (Å²) in [4.78, 5) is 30.8. The number of hydrogen-bond acceptors (Lipinski definition) is 6. The lowest BCUT2D eigenvalue weighted by Gasteiger charge is -2.11. The summed E-state index contributed by atoms with van der Waals surface area (Å²) in [7, 11) is 0. The second-order valence-electron chi connectivity index (χ2n) is 5.08. The van der Waals surface area contributed by atoms with Crippen LogP contribution in [0.5, 0.6) is 0 Å². The largest absolute Gasteiger partial charge is 0.465 e.